The van der Waals surface area contributed by atoms with E-state index in [-0.39, 0.29) is 17.9 Å². The summed E-state index contributed by atoms with van der Waals surface area (Å²) in [6, 6.07) is 27.8. The number of nitrogens with zero attached hydrogens (tertiary/aromatic N) is 1. The van der Waals surface area contributed by atoms with Crippen molar-refractivity contribution in [3.8, 4) is 11.1 Å². The number of aliphatic hydroxyl groups is 1. The molecule has 0 bridgehead atoms. The third kappa shape index (κ3) is 3.38. The van der Waals surface area contributed by atoms with Crippen LogP contribution in [0.5, 0.6) is 0 Å². The van der Waals surface area contributed by atoms with Crippen LogP contribution in [0.15, 0.2) is 84.9 Å². The molecule has 27 heavy (non-hydrogen) atoms. The predicted molar refractivity (Wildman–Crippen MR) is 107 cm³/mol. The lowest BCUT2D eigenvalue weighted by Gasteiger charge is -2.30. The molecule has 1 amide bonds. The first-order valence-corrected chi connectivity index (χ1v) is 9.29. The Labute approximate surface area is 159 Å². The Hall–Kier alpha value is -2.91. The van der Waals surface area contributed by atoms with Gasteiger partial charge in [0, 0.05) is 19.4 Å². The molecular weight excluding hydrogens is 334 g/mol. The highest BCUT2D eigenvalue weighted by atomic mass is 16.3. The molecule has 1 saturated heterocycles. The van der Waals surface area contributed by atoms with E-state index >= 15 is 0 Å². The highest BCUT2D eigenvalue weighted by Crippen LogP contribution is 2.40. The van der Waals surface area contributed by atoms with Crippen LogP contribution in [0.4, 0.5) is 0 Å². The molecule has 3 aromatic carbocycles. The molecule has 1 aliphatic heterocycles. The maximum atomic E-state index is 12.4. The van der Waals surface area contributed by atoms with Gasteiger partial charge < -0.3 is 10.0 Å². The van der Waals surface area contributed by atoms with Crippen molar-refractivity contribution in [2.24, 2.45) is 0 Å². The fourth-order valence-corrected chi connectivity index (χ4v) is 4.07. The van der Waals surface area contributed by atoms with Gasteiger partial charge in [0.05, 0.1) is 12.1 Å². The molecule has 3 aromatic rings. The van der Waals surface area contributed by atoms with Crippen molar-refractivity contribution in [1.29, 1.82) is 0 Å². The second kappa shape index (κ2) is 7.37. The zero-order valence-electron chi connectivity index (χ0n) is 15.3. The van der Waals surface area contributed by atoms with Crippen LogP contribution in [-0.2, 0) is 4.79 Å². The van der Waals surface area contributed by atoms with E-state index in [0.717, 1.165) is 22.3 Å². The van der Waals surface area contributed by atoms with Gasteiger partial charge in [-0.25, -0.2) is 0 Å². The van der Waals surface area contributed by atoms with E-state index in [1.54, 1.807) is 11.9 Å². The van der Waals surface area contributed by atoms with Gasteiger partial charge in [-0.1, -0.05) is 78.9 Å². The molecule has 136 valence electrons. The smallest absolute Gasteiger partial charge is 0.223 e. The van der Waals surface area contributed by atoms with Crippen molar-refractivity contribution in [1.82, 2.24) is 4.90 Å². The molecule has 0 saturated carbocycles. The molecule has 3 heteroatoms. The molecule has 3 atom stereocenters. The van der Waals surface area contributed by atoms with Crippen LogP contribution in [0.2, 0.25) is 0 Å². The lowest BCUT2D eigenvalue weighted by Crippen LogP contribution is -2.36. The van der Waals surface area contributed by atoms with Crippen molar-refractivity contribution in [2.45, 2.75) is 24.5 Å². The van der Waals surface area contributed by atoms with Crippen LogP contribution in [0, 0.1) is 0 Å². The Bertz CT molecular complexity index is 923. The molecule has 1 unspecified atom stereocenters. The Morgan fingerprint density at radius 3 is 2.22 bits per heavy atom. The van der Waals surface area contributed by atoms with Gasteiger partial charge >= 0.3 is 0 Å². The molecule has 3 nitrogen and oxygen atoms in total. The number of rotatable bonds is 4. The number of hydrogen-bond acceptors (Lipinski definition) is 2. The predicted octanol–water partition coefficient (Wildman–Crippen LogP) is 4.40. The van der Waals surface area contributed by atoms with E-state index in [1.165, 1.54) is 0 Å². The van der Waals surface area contributed by atoms with Crippen molar-refractivity contribution < 1.29 is 9.90 Å². The Morgan fingerprint density at radius 2 is 1.52 bits per heavy atom. The lowest BCUT2D eigenvalue weighted by atomic mass is 9.86. The number of likely N-dealkylation sites (tertiary alicyclic amines) is 1. The van der Waals surface area contributed by atoms with E-state index in [9.17, 15) is 9.90 Å². The molecule has 1 fully saturated rings. The van der Waals surface area contributed by atoms with Crippen LogP contribution >= 0.6 is 0 Å². The first kappa shape index (κ1) is 17.5. The lowest BCUT2D eigenvalue weighted by molar-refractivity contribution is -0.128. The van der Waals surface area contributed by atoms with Gasteiger partial charge in [-0.2, -0.15) is 0 Å². The van der Waals surface area contributed by atoms with Gasteiger partial charge in [-0.15, -0.1) is 0 Å². The molecule has 0 aliphatic carbocycles. The minimum absolute atomic E-state index is 0.0147. The Morgan fingerprint density at radius 1 is 0.889 bits per heavy atom. The van der Waals surface area contributed by atoms with Gasteiger partial charge in [0.25, 0.3) is 0 Å². The minimum atomic E-state index is -0.740. The van der Waals surface area contributed by atoms with E-state index < -0.39 is 6.10 Å². The number of likely N-dealkylation sites (N-methyl/N-ethyl adjacent to an activating group) is 1. The second-order valence-corrected chi connectivity index (χ2v) is 7.15. The van der Waals surface area contributed by atoms with E-state index in [0.29, 0.717) is 6.42 Å². The van der Waals surface area contributed by atoms with Gasteiger partial charge in [-0.05, 0) is 28.3 Å². The first-order chi connectivity index (χ1) is 13.1. The highest BCUT2D eigenvalue weighted by Gasteiger charge is 2.42. The summed E-state index contributed by atoms with van der Waals surface area (Å²) in [7, 11) is 1.79. The van der Waals surface area contributed by atoms with Gasteiger partial charge in [0.2, 0.25) is 5.91 Å². The van der Waals surface area contributed by atoms with Gasteiger partial charge in [0.1, 0.15) is 0 Å². The SMILES string of the molecule is CN1C(=O)C[C@H](c2ccccc2)[C@@H]1C(O)c1cccc(-c2ccccc2)c1. The summed E-state index contributed by atoms with van der Waals surface area (Å²) in [5.41, 5.74) is 4.11. The van der Waals surface area contributed by atoms with Crippen LogP contribution in [0.3, 0.4) is 0 Å². The van der Waals surface area contributed by atoms with Crippen LogP contribution in [0.1, 0.15) is 29.6 Å². The standard InChI is InChI=1S/C24H23NO2/c1-25-22(26)16-21(18-11-6-3-7-12-18)23(25)24(27)20-14-8-13-19(15-20)17-9-4-2-5-10-17/h2-15,21,23-24,27H,16H2,1H3/t21-,23-,24?/m1/s1. The molecular formula is C24H23NO2. The summed E-state index contributed by atoms with van der Waals surface area (Å²) in [5.74, 6) is 0.0613. The average Bonchev–Trinajstić information content (AvgIpc) is 3.03. The number of hydrogen-bond donors (Lipinski definition) is 1. The third-order valence-corrected chi connectivity index (χ3v) is 5.53. The van der Waals surface area contributed by atoms with Crippen molar-refractivity contribution in [2.75, 3.05) is 7.05 Å². The summed E-state index contributed by atoms with van der Waals surface area (Å²) in [4.78, 5) is 14.1. The van der Waals surface area contributed by atoms with Crippen LogP contribution in [0.25, 0.3) is 11.1 Å². The quantitative estimate of drug-likeness (QED) is 0.752. The molecule has 1 aliphatic rings. The number of amides is 1. The molecule has 1 N–H and O–H groups in total. The average molecular weight is 357 g/mol. The van der Waals surface area contributed by atoms with Gasteiger partial charge in [0.15, 0.2) is 0 Å². The minimum Gasteiger partial charge on any atom is -0.386 e. The number of benzene rings is 3. The summed E-state index contributed by atoms with van der Waals surface area (Å²) >= 11 is 0. The fraction of sp³-hybridized carbons (Fsp3) is 0.208. The molecule has 0 aromatic heterocycles. The van der Waals surface area contributed by atoms with Crippen molar-refractivity contribution in [3.05, 3.63) is 96.1 Å². The van der Waals surface area contributed by atoms with E-state index in [2.05, 4.69) is 12.1 Å². The Kier molecular flexibility index (Phi) is 4.78. The number of carbonyl (C=O) groups is 1. The monoisotopic (exact) mass is 357 g/mol. The molecule has 0 radical (unpaired) electrons. The first-order valence-electron chi connectivity index (χ1n) is 9.29. The summed E-state index contributed by atoms with van der Waals surface area (Å²) in [6.45, 7) is 0. The molecule has 4 rings (SSSR count). The summed E-state index contributed by atoms with van der Waals surface area (Å²) < 4.78 is 0. The summed E-state index contributed by atoms with van der Waals surface area (Å²) in [5, 5.41) is 11.2. The third-order valence-electron chi connectivity index (χ3n) is 5.53. The Balaban J connectivity index is 1.68. The maximum Gasteiger partial charge on any atom is 0.223 e. The highest BCUT2D eigenvalue weighted by molar-refractivity contribution is 5.80. The fourth-order valence-electron chi connectivity index (χ4n) is 4.07. The van der Waals surface area contributed by atoms with Crippen LogP contribution in [-0.4, -0.2) is 29.0 Å². The summed E-state index contributed by atoms with van der Waals surface area (Å²) in [6.07, 6.45) is -0.309. The molecule has 1 heterocycles. The van der Waals surface area contributed by atoms with Crippen LogP contribution < -0.4 is 0 Å². The maximum absolute atomic E-state index is 12.4. The largest absolute Gasteiger partial charge is 0.386 e. The second-order valence-electron chi connectivity index (χ2n) is 7.15. The topological polar surface area (TPSA) is 40.5 Å². The number of aliphatic hydroxyl groups excluding tert-OH is 1. The number of carbonyl (C=O) groups excluding carboxylic acids is 1. The zero-order valence-corrected chi connectivity index (χ0v) is 15.3. The van der Waals surface area contributed by atoms with Crippen molar-refractivity contribution in [3.63, 3.8) is 0 Å². The normalized spacial score (nSPS) is 20.7. The van der Waals surface area contributed by atoms with Gasteiger partial charge in [-0.3, -0.25) is 4.79 Å². The molecule has 0 spiro atoms. The zero-order chi connectivity index (χ0) is 18.8. The van der Waals surface area contributed by atoms with Crippen molar-refractivity contribution >= 4 is 5.91 Å². The van der Waals surface area contributed by atoms with E-state index in [4.69, 9.17) is 0 Å². The van der Waals surface area contributed by atoms with E-state index in [1.807, 2.05) is 72.8 Å².